The lowest BCUT2D eigenvalue weighted by Gasteiger charge is -2.18. The fourth-order valence-electron chi connectivity index (χ4n) is 8.56. The molecule has 0 aromatic rings. The number of ether oxygens (including phenoxy) is 3. The molecular weight excluding hydrogens is 937 g/mol. The van der Waals surface area contributed by atoms with Crippen LogP contribution >= 0.6 is 0 Å². The minimum absolute atomic E-state index is 0.102. The van der Waals surface area contributed by atoms with Gasteiger partial charge in [0.2, 0.25) is 0 Å². The standard InChI is InChI=1S/C70H116O6/c1-4-7-10-13-16-19-22-25-28-31-33-34-35-36-37-40-42-45-48-51-54-57-60-63-69(72)75-66-67(65-74-68(71)62-59-56-53-50-47-44-41-38-30-27-24-21-18-15-12-9-6-3)76-70(73)64-61-58-55-52-49-46-43-39-32-29-26-23-20-17-14-11-8-5-2/h7,9-10,12,16,18-19,21,25,27-28,30,33-34,36-37,41,44,50,53,67H,4-6,8,11,13-15,17,20,22-24,26,29,31-32,35,38-40,42-43,45-49,51-52,54-66H2,1-3H3/b10-7-,12-9-,19-16-,21-18-,28-25-,30-27-,34-33-,37-36-,44-41-,53-50-. The summed E-state index contributed by atoms with van der Waals surface area (Å²) >= 11 is 0. The van der Waals surface area contributed by atoms with Crippen molar-refractivity contribution in [1.29, 1.82) is 0 Å². The second-order valence-corrected chi connectivity index (χ2v) is 20.6. The molecule has 0 aliphatic heterocycles. The molecule has 0 fully saturated rings. The Morgan fingerprint density at radius 2 is 0.526 bits per heavy atom. The molecule has 6 nitrogen and oxygen atoms in total. The van der Waals surface area contributed by atoms with E-state index < -0.39 is 6.10 Å². The molecule has 1 atom stereocenters. The molecule has 432 valence electrons. The summed E-state index contributed by atoms with van der Waals surface area (Å²) in [6.07, 6.45) is 87.7. The number of hydrogen-bond donors (Lipinski definition) is 0. The van der Waals surface area contributed by atoms with Gasteiger partial charge in [-0.3, -0.25) is 14.4 Å². The number of carbonyl (C=O) groups excluding carboxylic acids is 3. The first-order chi connectivity index (χ1) is 37.5. The highest BCUT2D eigenvalue weighted by molar-refractivity contribution is 5.71. The fraction of sp³-hybridized carbons (Fsp3) is 0.671. The third-order valence-corrected chi connectivity index (χ3v) is 13.2. The van der Waals surface area contributed by atoms with Gasteiger partial charge in [-0.25, -0.2) is 0 Å². The van der Waals surface area contributed by atoms with Crippen molar-refractivity contribution in [2.45, 2.75) is 290 Å². The molecule has 0 saturated heterocycles. The summed E-state index contributed by atoms with van der Waals surface area (Å²) in [6, 6.07) is 0. The summed E-state index contributed by atoms with van der Waals surface area (Å²) in [4.78, 5) is 38.3. The molecule has 0 aliphatic rings. The Morgan fingerprint density at radius 1 is 0.276 bits per heavy atom. The molecule has 0 bridgehead atoms. The molecular formula is C70H116O6. The molecule has 6 heteroatoms. The van der Waals surface area contributed by atoms with Crippen molar-refractivity contribution in [3.8, 4) is 0 Å². The van der Waals surface area contributed by atoms with Crippen molar-refractivity contribution >= 4 is 17.9 Å². The van der Waals surface area contributed by atoms with Crippen molar-refractivity contribution in [3.05, 3.63) is 122 Å². The topological polar surface area (TPSA) is 78.9 Å². The summed E-state index contributed by atoms with van der Waals surface area (Å²) in [7, 11) is 0. The molecule has 0 rings (SSSR count). The average Bonchev–Trinajstić information content (AvgIpc) is 3.42. The molecule has 76 heavy (non-hydrogen) atoms. The highest BCUT2D eigenvalue weighted by atomic mass is 16.6. The predicted octanol–water partition coefficient (Wildman–Crippen LogP) is 21.6. The van der Waals surface area contributed by atoms with Gasteiger partial charge in [-0.15, -0.1) is 0 Å². The van der Waals surface area contributed by atoms with Gasteiger partial charge in [0.1, 0.15) is 13.2 Å². The van der Waals surface area contributed by atoms with Crippen molar-refractivity contribution in [2.24, 2.45) is 0 Å². The van der Waals surface area contributed by atoms with Crippen molar-refractivity contribution < 1.29 is 28.6 Å². The van der Waals surface area contributed by atoms with Crippen LogP contribution in [-0.4, -0.2) is 37.2 Å². The van der Waals surface area contributed by atoms with Crippen molar-refractivity contribution in [1.82, 2.24) is 0 Å². The Bertz CT molecular complexity index is 1590. The molecule has 0 N–H and O–H groups in total. The summed E-state index contributed by atoms with van der Waals surface area (Å²) in [6.45, 7) is 6.38. The summed E-state index contributed by atoms with van der Waals surface area (Å²) < 4.78 is 16.9. The maximum atomic E-state index is 12.9. The lowest BCUT2D eigenvalue weighted by molar-refractivity contribution is -0.167. The van der Waals surface area contributed by atoms with Crippen LogP contribution in [0.15, 0.2) is 122 Å². The van der Waals surface area contributed by atoms with E-state index in [4.69, 9.17) is 14.2 Å². The van der Waals surface area contributed by atoms with Crippen LogP contribution in [0.25, 0.3) is 0 Å². The summed E-state index contributed by atoms with van der Waals surface area (Å²) in [5.74, 6) is -0.966. The molecule has 0 heterocycles. The predicted molar refractivity (Wildman–Crippen MR) is 330 cm³/mol. The SMILES string of the molecule is CC/C=C\C/C=C\C/C=C\C/C=C\C/C=C\CCCCCCCCCC(=O)OCC(COC(=O)CCC/C=C\C/C=C\C/C=C\C/C=C\C/C=C\CC)OC(=O)CCCCCCCCCCCCCCCCCCCC. The number of carbonyl (C=O) groups is 3. The highest BCUT2D eigenvalue weighted by Crippen LogP contribution is 2.16. The molecule has 1 unspecified atom stereocenters. The number of hydrogen-bond acceptors (Lipinski definition) is 6. The molecule has 0 spiro atoms. The smallest absolute Gasteiger partial charge is 0.306 e. The van der Waals surface area contributed by atoms with Gasteiger partial charge in [0, 0.05) is 19.3 Å². The van der Waals surface area contributed by atoms with E-state index in [0.29, 0.717) is 19.3 Å². The highest BCUT2D eigenvalue weighted by Gasteiger charge is 2.19. The van der Waals surface area contributed by atoms with E-state index in [1.165, 1.54) is 122 Å². The Hall–Kier alpha value is -4.19. The first kappa shape index (κ1) is 71.8. The zero-order valence-corrected chi connectivity index (χ0v) is 49.5. The number of unbranched alkanes of at least 4 members (excludes halogenated alkanes) is 25. The van der Waals surface area contributed by atoms with Crippen molar-refractivity contribution in [3.63, 3.8) is 0 Å². The summed E-state index contributed by atoms with van der Waals surface area (Å²) in [5, 5.41) is 0. The minimum atomic E-state index is -0.809. The van der Waals surface area contributed by atoms with E-state index in [1.54, 1.807) is 0 Å². The van der Waals surface area contributed by atoms with E-state index in [2.05, 4.69) is 142 Å². The molecule has 0 aliphatic carbocycles. The van der Waals surface area contributed by atoms with Gasteiger partial charge >= 0.3 is 17.9 Å². The molecule has 0 aromatic heterocycles. The molecule has 0 saturated carbocycles. The van der Waals surface area contributed by atoms with Crippen LogP contribution in [0.4, 0.5) is 0 Å². The normalized spacial score (nSPS) is 12.9. The Morgan fingerprint density at radius 3 is 0.855 bits per heavy atom. The average molecular weight is 1050 g/mol. The molecule has 0 radical (unpaired) electrons. The number of rotatable bonds is 56. The monoisotopic (exact) mass is 1050 g/mol. The maximum absolute atomic E-state index is 12.9. The van der Waals surface area contributed by atoms with Gasteiger partial charge in [-0.2, -0.15) is 0 Å². The Kier molecular flexibility index (Phi) is 59.9. The fourth-order valence-corrected chi connectivity index (χ4v) is 8.56. The largest absolute Gasteiger partial charge is 0.462 e. The van der Waals surface area contributed by atoms with Gasteiger partial charge in [-0.1, -0.05) is 284 Å². The molecule has 0 aromatic carbocycles. The van der Waals surface area contributed by atoms with Gasteiger partial charge in [0.25, 0.3) is 0 Å². The number of esters is 3. The minimum Gasteiger partial charge on any atom is -0.462 e. The van der Waals surface area contributed by atoms with Crippen LogP contribution in [0.5, 0.6) is 0 Å². The third kappa shape index (κ3) is 60.7. The van der Waals surface area contributed by atoms with E-state index >= 15 is 0 Å². The van der Waals surface area contributed by atoms with E-state index in [9.17, 15) is 14.4 Å². The lowest BCUT2D eigenvalue weighted by Crippen LogP contribution is -2.30. The van der Waals surface area contributed by atoms with Gasteiger partial charge < -0.3 is 14.2 Å². The molecule has 0 amide bonds. The second kappa shape index (κ2) is 63.3. The van der Waals surface area contributed by atoms with Gasteiger partial charge in [0.05, 0.1) is 0 Å². The van der Waals surface area contributed by atoms with Crippen LogP contribution in [0.2, 0.25) is 0 Å². The number of allylic oxidation sites excluding steroid dienone is 20. The first-order valence-electron chi connectivity index (χ1n) is 31.5. The van der Waals surface area contributed by atoms with Crippen molar-refractivity contribution in [2.75, 3.05) is 13.2 Å². The van der Waals surface area contributed by atoms with Gasteiger partial charge in [0.15, 0.2) is 6.10 Å². The van der Waals surface area contributed by atoms with Crippen LogP contribution in [-0.2, 0) is 28.6 Å². The zero-order chi connectivity index (χ0) is 55.0. The Labute approximate surface area is 469 Å². The first-order valence-corrected chi connectivity index (χ1v) is 31.5. The second-order valence-electron chi connectivity index (χ2n) is 20.6. The third-order valence-electron chi connectivity index (χ3n) is 13.2. The summed E-state index contributed by atoms with van der Waals surface area (Å²) in [5.41, 5.74) is 0. The van der Waals surface area contributed by atoms with Crippen LogP contribution in [0.1, 0.15) is 284 Å². The quantitative estimate of drug-likeness (QED) is 0.0261. The van der Waals surface area contributed by atoms with Crippen LogP contribution in [0.3, 0.4) is 0 Å². The van der Waals surface area contributed by atoms with E-state index in [-0.39, 0.29) is 37.5 Å². The van der Waals surface area contributed by atoms with Gasteiger partial charge in [-0.05, 0) is 103 Å². The maximum Gasteiger partial charge on any atom is 0.306 e. The Balaban J connectivity index is 4.46. The van der Waals surface area contributed by atoms with Crippen LogP contribution < -0.4 is 0 Å². The lowest BCUT2D eigenvalue weighted by atomic mass is 10.0. The van der Waals surface area contributed by atoms with E-state index in [0.717, 1.165) is 116 Å². The zero-order valence-electron chi connectivity index (χ0n) is 49.5. The van der Waals surface area contributed by atoms with Crippen LogP contribution in [0, 0.1) is 0 Å². The van der Waals surface area contributed by atoms with E-state index in [1.807, 2.05) is 0 Å².